The van der Waals surface area contributed by atoms with Crippen LogP contribution in [0.5, 0.6) is 0 Å². The summed E-state index contributed by atoms with van der Waals surface area (Å²) in [5.74, 6) is 0.724. The van der Waals surface area contributed by atoms with E-state index in [9.17, 15) is 4.79 Å². The second-order valence-corrected chi connectivity index (χ2v) is 3.71. The standard InChI is InChI=1S/C9H17NO2/c1-7(2)3-4-8-5-10-9(11)6-12-8/h7-8H,3-6H2,1-2H3,(H,10,11). The molecule has 1 aliphatic rings. The summed E-state index contributed by atoms with van der Waals surface area (Å²) in [6, 6.07) is 0. The van der Waals surface area contributed by atoms with Crippen molar-refractivity contribution < 1.29 is 9.53 Å². The van der Waals surface area contributed by atoms with Crippen molar-refractivity contribution in [2.24, 2.45) is 5.92 Å². The van der Waals surface area contributed by atoms with Gasteiger partial charge in [-0.05, 0) is 18.8 Å². The number of morpholine rings is 1. The number of nitrogens with one attached hydrogen (secondary N) is 1. The molecule has 1 saturated heterocycles. The fraction of sp³-hybridized carbons (Fsp3) is 0.889. The fourth-order valence-corrected chi connectivity index (χ4v) is 1.24. The summed E-state index contributed by atoms with van der Waals surface area (Å²) in [5.41, 5.74) is 0. The molecule has 0 aromatic carbocycles. The van der Waals surface area contributed by atoms with E-state index in [1.54, 1.807) is 0 Å². The summed E-state index contributed by atoms with van der Waals surface area (Å²) < 4.78 is 5.33. The van der Waals surface area contributed by atoms with Gasteiger partial charge in [-0.3, -0.25) is 4.79 Å². The highest BCUT2D eigenvalue weighted by molar-refractivity contribution is 5.77. The number of carbonyl (C=O) groups excluding carboxylic acids is 1. The molecule has 0 bridgehead atoms. The summed E-state index contributed by atoms with van der Waals surface area (Å²) in [7, 11) is 0. The van der Waals surface area contributed by atoms with Crippen LogP contribution in [0.1, 0.15) is 26.7 Å². The summed E-state index contributed by atoms with van der Waals surface area (Å²) >= 11 is 0. The first-order chi connectivity index (χ1) is 5.68. The minimum absolute atomic E-state index is 0.01000. The van der Waals surface area contributed by atoms with Gasteiger partial charge in [0.25, 0.3) is 0 Å². The van der Waals surface area contributed by atoms with Crippen molar-refractivity contribution in [3.63, 3.8) is 0 Å². The van der Waals surface area contributed by atoms with E-state index in [-0.39, 0.29) is 18.6 Å². The molecule has 70 valence electrons. The Kier molecular flexibility index (Phi) is 3.53. The molecule has 0 radical (unpaired) electrons. The third kappa shape index (κ3) is 3.22. The van der Waals surface area contributed by atoms with Crippen LogP contribution in [0.2, 0.25) is 0 Å². The lowest BCUT2D eigenvalue weighted by atomic mass is 10.0. The van der Waals surface area contributed by atoms with Gasteiger partial charge in [0, 0.05) is 6.54 Å². The zero-order valence-electron chi connectivity index (χ0n) is 7.80. The van der Waals surface area contributed by atoms with E-state index >= 15 is 0 Å². The number of hydrogen-bond acceptors (Lipinski definition) is 2. The van der Waals surface area contributed by atoms with Crippen LogP contribution in [0.25, 0.3) is 0 Å². The molecule has 1 aliphatic heterocycles. The zero-order chi connectivity index (χ0) is 8.97. The minimum atomic E-state index is 0.01000. The first-order valence-electron chi connectivity index (χ1n) is 4.57. The van der Waals surface area contributed by atoms with Crippen LogP contribution in [0.4, 0.5) is 0 Å². The molecule has 1 unspecified atom stereocenters. The van der Waals surface area contributed by atoms with Crippen molar-refractivity contribution >= 4 is 5.91 Å². The maximum absolute atomic E-state index is 10.7. The van der Waals surface area contributed by atoms with E-state index in [1.165, 1.54) is 6.42 Å². The molecule has 0 spiro atoms. The first kappa shape index (κ1) is 9.52. The van der Waals surface area contributed by atoms with E-state index in [2.05, 4.69) is 19.2 Å². The lowest BCUT2D eigenvalue weighted by molar-refractivity contribution is -0.133. The predicted octanol–water partition coefficient (Wildman–Crippen LogP) is 0.938. The monoisotopic (exact) mass is 171 g/mol. The van der Waals surface area contributed by atoms with E-state index in [1.807, 2.05) is 0 Å². The fourth-order valence-electron chi connectivity index (χ4n) is 1.24. The van der Waals surface area contributed by atoms with Crippen molar-refractivity contribution in [1.29, 1.82) is 0 Å². The normalized spacial score (nSPS) is 24.2. The van der Waals surface area contributed by atoms with Crippen molar-refractivity contribution in [3.8, 4) is 0 Å². The SMILES string of the molecule is CC(C)CCC1CNC(=O)CO1. The Bertz CT molecular complexity index is 147. The highest BCUT2D eigenvalue weighted by Crippen LogP contribution is 2.10. The van der Waals surface area contributed by atoms with Gasteiger partial charge in [-0.2, -0.15) is 0 Å². The molecule has 0 aliphatic carbocycles. The highest BCUT2D eigenvalue weighted by atomic mass is 16.5. The highest BCUT2D eigenvalue weighted by Gasteiger charge is 2.17. The number of amides is 1. The van der Waals surface area contributed by atoms with Crippen LogP contribution in [0.15, 0.2) is 0 Å². The molecule has 1 N–H and O–H groups in total. The molecular formula is C9H17NO2. The zero-order valence-corrected chi connectivity index (χ0v) is 7.80. The maximum Gasteiger partial charge on any atom is 0.246 e. The van der Waals surface area contributed by atoms with Crippen LogP contribution in [0.3, 0.4) is 0 Å². The van der Waals surface area contributed by atoms with Gasteiger partial charge in [0.1, 0.15) is 6.61 Å². The van der Waals surface area contributed by atoms with Crippen LogP contribution in [0, 0.1) is 5.92 Å². The molecule has 3 nitrogen and oxygen atoms in total. The van der Waals surface area contributed by atoms with E-state index < -0.39 is 0 Å². The average molecular weight is 171 g/mol. The van der Waals surface area contributed by atoms with Gasteiger partial charge >= 0.3 is 0 Å². The Morgan fingerprint density at radius 3 is 2.92 bits per heavy atom. The summed E-state index contributed by atoms with van der Waals surface area (Å²) in [6.07, 6.45) is 2.46. The summed E-state index contributed by atoms with van der Waals surface area (Å²) in [6.45, 7) is 5.32. The number of rotatable bonds is 3. The van der Waals surface area contributed by atoms with Gasteiger partial charge in [-0.1, -0.05) is 13.8 Å². The second kappa shape index (κ2) is 4.45. The lowest BCUT2D eigenvalue weighted by Gasteiger charge is -2.23. The van der Waals surface area contributed by atoms with Gasteiger partial charge in [-0.25, -0.2) is 0 Å². The summed E-state index contributed by atoms with van der Waals surface area (Å²) in [4.78, 5) is 10.7. The third-order valence-electron chi connectivity index (χ3n) is 2.04. The van der Waals surface area contributed by atoms with Crippen molar-refractivity contribution in [2.45, 2.75) is 32.8 Å². The molecular weight excluding hydrogens is 154 g/mol. The average Bonchev–Trinajstić information content (AvgIpc) is 2.03. The lowest BCUT2D eigenvalue weighted by Crippen LogP contribution is -2.42. The third-order valence-corrected chi connectivity index (χ3v) is 2.04. The molecule has 1 rings (SSSR count). The van der Waals surface area contributed by atoms with Crippen LogP contribution < -0.4 is 5.32 Å². The van der Waals surface area contributed by atoms with Crippen LogP contribution in [-0.2, 0) is 9.53 Å². The molecule has 1 fully saturated rings. The summed E-state index contributed by atoms with van der Waals surface area (Å²) in [5, 5.41) is 2.79. The number of ether oxygens (including phenoxy) is 1. The van der Waals surface area contributed by atoms with E-state index in [0.29, 0.717) is 12.5 Å². The van der Waals surface area contributed by atoms with E-state index in [4.69, 9.17) is 4.74 Å². The molecule has 0 aromatic rings. The first-order valence-corrected chi connectivity index (χ1v) is 4.57. The second-order valence-electron chi connectivity index (χ2n) is 3.71. The molecule has 1 amide bonds. The maximum atomic E-state index is 10.7. The Morgan fingerprint density at radius 2 is 2.42 bits per heavy atom. The Morgan fingerprint density at radius 1 is 1.67 bits per heavy atom. The Hall–Kier alpha value is -0.570. The topological polar surface area (TPSA) is 38.3 Å². The largest absolute Gasteiger partial charge is 0.367 e. The molecule has 0 saturated carbocycles. The predicted molar refractivity (Wildman–Crippen MR) is 46.8 cm³/mol. The Labute approximate surface area is 73.5 Å². The smallest absolute Gasteiger partial charge is 0.246 e. The van der Waals surface area contributed by atoms with Crippen molar-refractivity contribution in [2.75, 3.05) is 13.2 Å². The number of hydrogen-bond donors (Lipinski definition) is 1. The molecule has 3 heteroatoms. The minimum Gasteiger partial charge on any atom is -0.367 e. The van der Waals surface area contributed by atoms with Crippen LogP contribution >= 0.6 is 0 Å². The van der Waals surface area contributed by atoms with Gasteiger partial charge in [0.2, 0.25) is 5.91 Å². The molecule has 12 heavy (non-hydrogen) atoms. The van der Waals surface area contributed by atoms with Gasteiger partial charge < -0.3 is 10.1 Å². The van der Waals surface area contributed by atoms with Crippen molar-refractivity contribution in [1.82, 2.24) is 5.32 Å². The van der Waals surface area contributed by atoms with Crippen LogP contribution in [-0.4, -0.2) is 25.2 Å². The van der Waals surface area contributed by atoms with Gasteiger partial charge in [0.15, 0.2) is 0 Å². The number of carbonyl (C=O) groups is 1. The Balaban J connectivity index is 2.13. The quantitative estimate of drug-likeness (QED) is 0.686. The van der Waals surface area contributed by atoms with E-state index in [0.717, 1.165) is 6.42 Å². The molecule has 0 aromatic heterocycles. The molecule has 1 heterocycles. The van der Waals surface area contributed by atoms with Crippen molar-refractivity contribution in [3.05, 3.63) is 0 Å². The van der Waals surface area contributed by atoms with Gasteiger partial charge in [-0.15, -0.1) is 0 Å². The molecule has 1 atom stereocenters. The van der Waals surface area contributed by atoms with Gasteiger partial charge in [0.05, 0.1) is 6.10 Å².